The highest BCUT2D eigenvalue weighted by Crippen LogP contribution is 2.28. The first-order valence-corrected chi connectivity index (χ1v) is 6.43. The third-order valence-corrected chi connectivity index (χ3v) is 3.76. The van der Waals surface area contributed by atoms with Crippen molar-refractivity contribution < 1.29 is 0 Å². The van der Waals surface area contributed by atoms with Crippen LogP contribution in [0.2, 0.25) is 0 Å². The van der Waals surface area contributed by atoms with E-state index in [1.54, 1.807) is 0 Å². The largest absolute Gasteiger partial charge is 0.114 e. The van der Waals surface area contributed by atoms with Crippen LogP contribution in [0.1, 0.15) is 0 Å². The molecule has 0 aliphatic rings. The molecule has 0 atom stereocenters. The van der Waals surface area contributed by atoms with Crippen molar-refractivity contribution in [2.24, 2.45) is 0 Å². The highest BCUT2D eigenvalue weighted by atomic mass is 14.1. The molecule has 1 heteroatoms. The van der Waals surface area contributed by atoms with E-state index in [1.807, 2.05) is 12.1 Å². The second-order valence-electron chi connectivity index (χ2n) is 4.93. The molecule has 2 radical (unpaired) electrons. The smallest absolute Gasteiger partial charge is 0.0884 e. The second-order valence-corrected chi connectivity index (χ2v) is 4.93. The van der Waals surface area contributed by atoms with Gasteiger partial charge in [-0.1, -0.05) is 60.1 Å². The van der Waals surface area contributed by atoms with Crippen LogP contribution in [0.3, 0.4) is 0 Å². The lowest BCUT2D eigenvalue weighted by molar-refractivity contribution is 1.79. The number of hydrogen-bond acceptors (Lipinski definition) is 0. The van der Waals surface area contributed by atoms with Crippen molar-refractivity contribution >= 4 is 45.6 Å². The molecule has 0 spiro atoms. The van der Waals surface area contributed by atoms with Crippen LogP contribution in [0.5, 0.6) is 0 Å². The summed E-state index contributed by atoms with van der Waals surface area (Å²) in [4.78, 5) is 0. The molecule has 0 nitrogen and oxygen atoms in total. The lowest BCUT2D eigenvalue weighted by atomic mass is 9.87. The predicted octanol–water partition coefficient (Wildman–Crippen LogP) is 3.94. The summed E-state index contributed by atoms with van der Waals surface area (Å²) in [6.07, 6.45) is 0. The normalized spacial score (nSPS) is 11.4. The molecule has 0 saturated heterocycles. The Labute approximate surface area is 113 Å². The first kappa shape index (κ1) is 10.6. The van der Waals surface area contributed by atoms with Crippen molar-refractivity contribution in [1.82, 2.24) is 0 Å². The first-order chi connectivity index (χ1) is 9.33. The molecular formula is C18H11B. The van der Waals surface area contributed by atoms with Crippen LogP contribution in [0, 0.1) is 0 Å². The van der Waals surface area contributed by atoms with Gasteiger partial charge >= 0.3 is 0 Å². The van der Waals surface area contributed by atoms with Crippen molar-refractivity contribution in [2.75, 3.05) is 0 Å². The summed E-state index contributed by atoms with van der Waals surface area (Å²) in [6, 6.07) is 23.3. The van der Waals surface area contributed by atoms with Crippen LogP contribution in [0.4, 0.5) is 0 Å². The third kappa shape index (κ3) is 1.55. The molecule has 19 heavy (non-hydrogen) atoms. The molecule has 0 heterocycles. The van der Waals surface area contributed by atoms with Crippen molar-refractivity contribution in [1.29, 1.82) is 0 Å². The Morgan fingerprint density at radius 3 is 2.11 bits per heavy atom. The molecule has 0 N–H and O–H groups in total. The summed E-state index contributed by atoms with van der Waals surface area (Å²) in [5, 5.41) is 7.35. The van der Waals surface area contributed by atoms with E-state index in [1.165, 1.54) is 26.9 Å². The van der Waals surface area contributed by atoms with Gasteiger partial charge < -0.3 is 0 Å². The summed E-state index contributed by atoms with van der Waals surface area (Å²) in [7, 11) is 6.17. The van der Waals surface area contributed by atoms with Gasteiger partial charge in [-0.2, -0.15) is 0 Å². The maximum Gasteiger partial charge on any atom is 0.114 e. The summed E-state index contributed by atoms with van der Waals surface area (Å²) in [5.41, 5.74) is 0.846. The van der Waals surface area contributed by atoms with Gasteiger partial charge in [0.25, 0.3) is 0 Å². The fourth-order valence-corrected chi connectivity index (χ4v) is 2.83. The van der Waals surface area contributed by atoms with E-state index in [-0.39, 0.29) is 0 Å². The van der Waals surface area contributed by atoms with E-state index >= 15 is 0 Å². The topological polar surface area (TPSA) is 0 Å². The number of rotatable bonds is 0. The summed E-state index contributed by atoms with van der Waals surface area (Å²) in [6.45, 7) is 0. The highest BCUT2D eigenvalue weighted by molar-refractivity contribution is 6.41. The molecule has 0 fully saturated rings. The van der Waals surface area contributed by atoms with Crippen molar-refractivity contribution in [3.05, 3.63) is 66.7 Å². The molecule has 0 aliphatic heterocycles. The summed E-state index contributed by atoms with van der Waals surface area (Å²) in [5.74, 6) is 0. The van der Waals surface area contributed by atoms with E-state index in [0.29, 0.717) is 0 Å². The van der Waals surface area contributed by atoms with E-state index in [4.69, 9.17) is 7.85 Å². The molecule has 4 aromatic carbocycles. The van der Waals surface area contributed by atoms with Gasteiger partial charge in [-0.3, -0.25) is 0 Å². The molecule has 0 bridgehead atoms. The fraction of sp³-hybridized carbons (Fsp3) is 0. The minimum absolute atomic E-state index is 0.846. The van der Waals surface area contributed by atoms with Crippen molar-refractivity contribution in [2.45, 2.75) is 0 Å². The Balaban J connectivity index is 2.29. The van der Waals surface area contributed by atoms with Crippen LogP contribution < -0.4 is 5.46 Å². The minimum Gasteiger partial charge on any atom is -0.0884 e. The molecule has 4 aromatic rings. The zero-order valence-corrected chi connectivity index (χ0v) is 10.4. The third-order valence-electron chi connectivity index (χ3n) is 3.76. The molecular weight excluding hydrogens is 227 g/mol. The van der Waals surface area contributed by atoms with Gasteiger partial charge in [-0.15, -0.1) is 0 Å². The quantitative estimate of drug-likeness (QED) is 0.247. The van der Waals surface area contributed by atoms with Gasteiger partial charge in [-0.05, 0) is 44.5 Å². The second kappa shape index (κ2) is 3.86. The molecule has 0 aliphatic carbocycles. The number of benzene rings is 4. The fourth-order valence-electron chi connectivity index (χ4n) is 2.83. The Morgan fingerprint density at radius 2 is 1.26 bits per heavy atom. The Kier molecular flexibility index (Phi) is 2.16. The Morgan fingerprint density at radius 1 is 0.579 bits per heavy atom. The van der Waals surface area contributed by atoms with Crippen LogP contribution in [0.25, 0.3) is 32.3 Å². The van der Waals surface area contributed by atoms with Gasteiger partial charge in [0, 0.05) is 0 Å². The maximum atomic E-state index is 6.17. The number of fused-ring (bicyclic) bond motifs is 4. The Bertz CT molecular complexity index is 922. The predicted molar refractivity (Wildman–Crippen MR) is 84.3 cm³/mol. The molecule has 0 aromatic heterocycles. The van der Waals surface area contributed by atoms with Crippen LogP contribution >= 0.6 is 0 Å². The maximum absolute atomic E-state index is 6.17. The minimum atomic E-state index is 0.846. The average Bonchev–Trinajstić information content (AvgIpc) is 2.45. The summed E-state index contributed by atoms with van der Waals surface area (Å²) < 4.78 is 0. The van der Waals surface area contributed by atoms with E-state index in [2.05, 4.69) is 54.6 Å². The average molecular weight is 238 g/mol. The zero-order valence-electron chi connectivity index (χ0n) is 10.4. The lowest BCUT2D eigenvalue weighted by Gasteiger charge is -2.09. The van der Waals surface area contributed by atoms with Crippen molar-refractivity contribution in [3.63, 3.8) is 0 Å². The summed E-state index contributed by atoms with van der Waals surface area (Å²) >= 11 is 0. The van der Waals surface area contributed by atoms with Gasteiger partial charge in [0.05, 0.1) is 0 Å². The standard InChI is InChI=1S/C18H11B/c19-17-7-3-6-12-8-9-15-10-13-4-1-2-5-14(13)11-16(15)18(12)17/h1-11H. The van der Waals surface area contributed by atoms with E-state index < -0.39 is 0 Å². The van der Waals surface area contributed by atoms with Crippen LogP contribution in [-0.2, 0) is 0 Å². The monoisotopic (exact) mass is 238 g/mol. The highest BCUT2D eigenvalue weighted by Gasteiger charge is 2.04. The van der Waals surface area contributed by atoms with Crippen LogP contribution in [0.15, 0.2) is 66.7 Å². The van der Waals surface area contributed by atoms with Gasteiger partial charge in [-0.25, -0.2) is 0 Å². The first-order valence-electron chi connectivity index (χ1n) is 6.43. The zero-order chi connectivity index (χ0) is 12.8. The SMILES string of the molecule is [B]c1cccc2ccc3cc4ccccc4cc3c12. The van der Waals surface area contributed by atoms with Crippen molar-refractivity contribution in [3.8, 4) is 0 Å². The van der Waals surface area contributed by atoms with Gasteiger partial charge in [0.1, 0.15) is 7.85 Å². The molecule has 0 saturated carbocycles. The van der Waals surface area contributed by atoms with Gasteiger partial charge in [0.15, 0.2) is 0 Å². The van der Waals surface area contributed by atoms with Gasteiger partial charge in [0.2, 0.25) is 0 Å². The molecule has 86 valence electrons. The lowest BCUT2D eigenvalue weighted by Crippen LogP contribution is -2.03. The molecule has 0 amide bonds. The Hall–Kier alpha value is -2.28. The van der Waals surface area contributed by atoms with Crippen LogP contribution in [-0.4, -0.2) is 7.85 Å². The van der Waals surface area contributed by atoms with E-state index in [9.17, 15) is 0 Å². The molecule has 4 rings (SSSR count). The molecule has 0 unspecified atom stereocenters. The van der Waals surface area contributed by atoms with E-state index in [0.717, 1.165) is 10.8 Å². The number of hydrogen-bond donors (Lipinski definition) is 0.